The van der Waals surface area contributed by atoms with Crippen LogP contribution < -0.4 is 11.1 Å². The van der Waals surface area contributed by atoms with Gasteiger partial charge >= 0.3 is 0 Å². The highest BCUT2D eigenvalue weighted by Crippen LogP contribution is 2.26. The minimum absolute atomic E-state index is 0.0309. The molecular formula is C12H17N3O4. The van der Waals surface area contributed by atoms with Crippen LogP contribution in [0.4, 0.5) is 17.1 Å². The summed E-state index contributed by atoms with van der Waals surface area (Å²) >= 11 is 0. The van der Waals surface area contributed by atoms with Crippen LogP contribution in [0.25, 0.3) is 0 Å². The molecule has 1 atom stereocenters. The highest BCUT2D eigenvalue weighted by Gasteiger charge is 2.34. The first-order chi connectivity index (χ1) is 9.04. The average Bonchev–Trinajstić information content (AvgIpc) is 2.85. The van der Waals surface area contributed by atoms with E-state index in [0.717, 1.165) is 6.42 Å². The molecule has 0 spiro atoms. The van der Waals surface area contributed by atoms with E-state index in [1.807, 2.05) is 0 Å². The summed E-state index contributed by atoms with van der Waals surface area (Å²) in [4.78, 5) is 10.3. The van der Waals surface area contributed by atoms with Crippen LogP contribution in [0.2, 0.25) is 0 Å². The molecule has 0 bridgehead atoms. The monoisotopic (exact) mass is 267 g/mol. The van der Waals surface area contributed by atoms with Crippen LogP contribution in [-0.4, -0.2) is 37.4 Å². The number of nitrogens with zero attached hydrogens (tertiary/aromatic N) is 1. The van der Waals surface area contributed by atoms with Gasteiger partial charge in [0.15, 0.2) is 0 Å². The van der Waals surface area contributed by atoms with Gasteiger partial charge in [-0.15, -0.1) is 0 Å². The van der Waals surface area contributed by atoms with Crippen molar-refractivity contribution in [3.8, 4) is 0 Å². The van der Waals surface area contributed by atoms with Crippen molar-refractivity contribution < 1.29 is 14.4 Å². The van der Waals surface area contributed by atoms with Gasteiger partial charge in [0.05, 0.1) is 11.5 Å². The Labute approximate surface area is 110 Å². The van der Waals surface area contributed by atoms with Gasteiger partial charge in [-0.1, -0.05) is 0 Å². The summed E-state index contributed by atoms with van der Waals surface area (Å²) in [6.07, 6.45) is 0.793. The molecule has 1 aliphatic heterocycles. The van der Waals surface area contributed by atoms with E-state index in [9.17, 15) is 10.1 Å². The molecule has 19 heavy (non-hydrogen) atoms. The van der Waals surface area contributed by atoms with Gasteiger partial charge in [0, 0.05) is 50.2 Å². The molecule has 3 N–H and O–H groups in total. The number of nitrogens with two attached hydrogens (primary N) is 1. The van der Waals surface area contributed by atoms with E-state index in [-0.39, 0.29) is 11.3 Å². The molecule has 7 heteroatoms. The van der Waals surface area contributed by atoms with Crippen molar-refractivity contribution in [3.05, 3.63) is 28.3 Å². The van der Waals surface area contributed by atoms with E-state index in [1.54, 1.807) is 13.2 Å². The molecule has 1 fully saturated rings. The minimum Gasteiger partial charge on any atom is -0.398 e. The van der Waals surface area contributed by atoms with Crippen molar-refractivity contribution in [2.45, 2.75) is 12.0 Å². The zero-order valence-electron chi connectivity index (χ0n) is 10.7. The lowest BCUT2D eigenvalue weighted by Gasteiger charge is -2.26. The van der Waals surface area contributed by atoms with Gasteiger partial charge in [-0.3, -0.25) is 10.1 Å². The molecule has 0 saturated carbocycles. The molecule has 1 aliphatic rings. The minimum atomic E-state index is -0.466. The lowest BCUT2D eigenvalue weighted by atomic mass is 10.0. The summed E-state index contributed by atoms with van der Waals surface area (Å²) in [6, 6.07) is 4.44. The van der Waals surface area contributed by atoms with Gasteiger partial charge in [-0.05, 0) is 6.07 Å². The number of non-ortho nitro benzene ring substituents is 1. The van der Waals surface area contributed by atoms with Gasteiger partial charge in [0.25, 0.3) is 5.69 Å². The lowest BCUT2D eigenvalue weighted by Crippen LogP contribution is -2.39. The lowest BCUT2D eigenvalue weighted by molar-refractivity contribution is -0.384. The molecule has 0 radical (unpaired) electrons. The molecular weight excluding hydrogens is 250 g/mol. The maximum atomic E-state index is 10.8. The van der Waals surface area contributed by atoms with Crippen molar-refractivity contribution in [1.29, 1.82) is 0 Å². The van der Waals surface area contributed by atoms with E-state index in [0.29, 0.717) is 31.1 Å². The number of nitro groups is 1. The standard InChI is InChI=1S/C12H17N3O4/c1-18-12(2-3-19-8-12)7-14-10-4-9(13)5-11(6-10)15(16)17/h4-6,14H,2-3,7-8,13H2,1H3. The fourth-order valence-electron chi connectivity index (χ4n) is 2.07. The highest BCUT2D eigenvalue weighted by molar-refractivity contribution is 5.61. The first kappa shape index (κ1) is 13.6. The Bertz CT molecular complexity index is 472. The molecule has 7 nitrogen and oxygen atoms in total. The molecule has 0 amide bonds. The quantitative estimate of drug-likeness (QED) is 0.475. The second kappa shape index (κ2) is 5.41. The van der Waals surface area contributed by atoms with Crippen molar-refractivity contribution in [1.82, 2.24) is 0 Å². The van der Waals surface area contributed by atoms with Gasteiger partial charge in [0.1, 0.15) is 5.60 Å². The van der Waals surface area contributed by atoms with Crippen LogP contribution in [0.15, 0.2) is 18.2 Å². The maximum absolute atomic E-state index is 10.8. The number of rotatable bonds is 5. The molecule has 1 aromatic rings. The zero-order valence-corrected chi connectivity index (χ0v) is 10.7. The van der Waals surface area contributed by atoms with Gasteiger partial charge in [-0.25, -0.2) is 0 Å². The number of benzene rings is 1. The van der Waals surface area contributed by atoms with Crippen LogP contribution in [0.5, 0.6) is 0 Å². The van der Waals surface area contributed by atoms with Gasteiger partial charge in [-0.2, -0.15) is 0 Å². The number of ether oxygens (including phenoxy) is 2. The molecule has 104 valence electrons. The molecule has 2 rings (SSSR count). The summed E-state index contributed by atoms with van der Waals surface area (Å²) < 4.78 is 10.8. The number of hydrogen-bond acceptors (Lipinski definition) is 6. The molecule has 1 heterocycles. The largest absolute Gasteiger partial charge is 0.398 e. The maximum Gasteiger partial charge on any atom is 0.273 e. The number of nitro benzene ring substituents is 1. The van der Waals surface area contributed by atoms with Crippen LogP contribution >= 0.6 is 0 Å². The second-order valence-electron chi connectivity index (χ2n) is 4.61. The fourth-order valence-corrected chi connectivity index (χ4v) is 2.07. The van der Waals surface area contributed by atoms with Crippen LogP contribution in [0.1, 0.15) is 6.42 Å². The first-order valence-corrected chi connectivity index (χ1v) is 5.96. The van der Waals surface area contributed by atoms with Gasteiger partial charge in [0.2, 0.25) is 0 Å². The van der Waals surface area contributed by atoms with Crippen LogP contribution in [0, 0.1) is 10.1 Å². The van der Waals surface area contributed by atoms with Crippen LogP contribution in [0.3, 0.4) is 0 Å². The summed E-state index contributed by atoms with van der Waals surface area (Å²) in [5, 5.41) is 13.9. The number of anilines is 2. The van der Waals surface area contributed by atoms with Crippen LogP contribution in [-0.2, 0) is 9.47 Å². The van der Waals surface area contributed by atoms with E-state index in [1.165, 1.54) is 12.1 Å². The number of hydrogen-bond donors (Lipinski definition) is 2. The topological polar surface area (TPSA) is 99.7 Å². The third kappa shape index (κ3) is 3.12. The SMILES string of the molecule is COC1(CNc2cc(N)cc([N+](=O)[O-])c2)CCOC1. The summed E-state index contributed by atoms with van der Waals surface area (Å²) in [5.74, 6) is 0. The Morgan fingerprint density at radius 3 is 2.95 bits per heavy atom. The Kier molecular flexibility index (Phi) is 3.87. The third-order valence-corrected chi connectivity index (χ3v) is 3.27. The van der Waals surface area contributed by atoms with Crippen molar-refractivity contribution in [2.75, 3.05) is 37.9 Å². The summed E-state index contributed by atoms with van der Waals surface area (Å²) in [6.45, 7) is 1.69. The smallest absolute Gasteiger partial charge is 0.273 e. The highest BCUT2D eigenvalue weighted by atomic mass is 16.6. The number of methoxy groups -OCH3 is 1. The predicted octanol–water partition coefficient (Wildman–Crippen LogP) is 1.39. The molecule has 1 saturated heterocycles. The van der Waals surface area contributed by atoms with E-state index >= 15 is 0 Å². The Morgan fingerprint density at radius 1 is 1.58 bits per heavy atom. The zero-order chi connectivity index (χ0) is 13.9. The third-order valence-electron chi connectivity index (χ3n) is 3.27. The Balaban J connectivity index is 2.08. The van der Waals surface area contributed by atoms with Crippen molar-refractivity contribution in [3.63, 3.8) is 0 Å². The first-order valence-electron chi connectivity index (χ1n) is 5.96. The fraction of sp³-hybridized carbons (Fsp3) is 0.500. The summed E-state index contributed by atoms with van der Waals surface area (Å²) in [5.41, 5.74) is 6.20. The molecule has 0 aromatic heterocycles. The van der Waals surface area contributed by atoms with Crippen molar-refractivity contribution in [2.24, 2.45) is 0 Å². The van der Waals surface area contributed by atoms with Gasteiger partial charge < -0.3 is 20.5 Å². The molecule has 1 aromatic carbocycles. The number of nitrogen functional groups attached to an aromatic ring is 1. The van der Waals surface area contributed by atoms with E-state index in [4.69, 9.17) is 15.2 Å². The van der Waals surface area contributed by atoms with E-state index in [2.05, 4.69) is 5.32 Å². The molecule has 0 aliphatic carbocycles. The second-order valence-corrected chi connectivity index (χ2v) is 4.61. The Hall–Kier alpha value is -1.86. The average molecular weight is 267 g/mol. The van der Waals surface area contributed by atoms with Crippen molar-refractivity contribution >= 4 is 17.1 Å². The summed E-state index contributed by atoms with van der Waals surface area (Å²) in [7, 11) is 1.64. The normalized spacial score (nSPS) is 22.4. The Morgan fingerprint density at radius 2 is 2.37 bits per heavy atom. The molecule has 1 unspecified atom stereocenters. The van der Waals surface area contributed by atoms with E-state index < -0.39 is 4.92 Å². The predicted molar refractivity (Wildman–Crippen MR) is 71.2 cm³/mol. The number of nitrogens with one attached hydrogen (secondary N) is 1.